The monoisotopic (exact) mass is 449 g/mol. The van der Waals surface area contributed by atoms with Crippen LogP contribution in [-0.2, 0) is 4.74 Å². The number of ether oxygens (including phenoxy) is 2. The molecule has 3 aliphatic rings. The second-order valence-corrected chi connectivity index (χ2v) is 11.3. The molecule has 0 bridgehead atoms. The lowest BCUT2D eigenvalue weighted by atomic mass is 9.88. The number of amides is 1. The maximum absolute atomic E-state index is 12.4. The molecule has 31 heavy (non-hydrogen) atoms. The molecule has 8 heteroatoms. The number of thioether (sulfide) groups is 1. The molecule has 0 radical (unpaired) electrons. The molecular formula is C23H35N3O4S. The average Bonchev–Trinajstić information content (AvgIpc) is 3.27. The van der Waals surface area contributed by atoms with Gasteiger partial charge in [0.25, 0.3) is 0 Å². The third kappa shape index (κ3) is 4.95. The molecular weight excluding hydrogens is 414 g/mol. The van der Waals surface area contributed by atoms with Crippen molar-refractivity contribution in [2.75, 3.05) is 13.7 Å². The number of carbonyl (C=O) groups excluding carboxylic acids is 1. The molecule has 2 heterocycles. The molecule has 3 atom stereocenters. The minimum Gasteiger partial charge on any atom is -0.474 e. The van der Waals surface area contributed by atoms with Crippen LogP contribution < -0.4 is 4.74 Å². The first kappa shape index (κ1) is 22.6. The van der Waals surface area contributed by atoms with E-state index in [1.807, 2.05) is 39.6 Å². The summed E-state index contributed by atoms with van der Waals surface area (Å²) in [6, 6.07) is 0.175. The van der Waals surface area contributed by atoms with Crippen LogP contribution in [0.25, 0.3) is 0 Å². The van der Waals surface area contributed by atoms with Crippen LogP contribution in [0.3, 0.4) is 0 Å². The van der Waals surface area contributed by atoms with Crippen LogP contribution >= 0.6 is 11.8 Å². The van der Waals surface area contributed by atoms with Gasteiger partial charge in [0.1, 0.15) is 23.1 Å². The molecule has 172 valence electrons. The molecule has 1 aromatic rings. The summed E-state index contributed by atoms with van der Waals surface area (Å²) in [5.74, 6) is 1.60. The predicted molar refractivity (Wildman–Crippen MR) is 120 cm³/mol. The minimum atomic E-state index is -0.483. The lowest BCUT2D eigenvalue weighted by Crippen LogP contribution is -2.43. The first-order chi connectivity index (χ1) is 14.8. The Hall–Kier alpha value is -1.54. The van der Waals surface area contributed by atoms with Crippen molar-refractivity contribution in [2.24, 2.45) is 5.92 Å². The Morgan fingerprint density at radius 2 is 1.94 bits per heavy atom. The van der Waals surface area contributed by atoms with Gasteiger partial charge >= 0.3 is 6.09 Å². The first-order valence-corrected chi connectivity index (χ1v) is 12.4. The highest BCUT2D eigenvalue weighted by Crippen LogP contribution is 2.58. The second-order valence-electron chi connectivity index (χ2n) is 10.1. The number of aliphatic hydroxyl groups excluding tert-OH is 1. The lowest BCUT2D eigenvalue weighted by Gasteiger charge is -2.35. The van der Waals surface area contributed by atoms with Gasteiger partial charge < -0.3 is 19.5 Å². The standard InChI is InChI=1S/C23H35N3O4S/c1-23(2,3)30-22(28)26(4)15-6-8-16(9-7-15)29-20-19-18-14(11-12-27)5-10-17(18)31-21(19)25-13-24-20/h13-18,27H,5-12H2,1-4H3/t14-,15?,16?,17?,18?/m0/s1. The van der Waals surface area contributed by atoms with E-state index < -0.39 is 5.60 Å². The highest BCUT2D eigenvalue weighted by molar-refractivity contribution is 8.00. The zero-order valence-electron chi connectivity index (χ0n) is 19.0. The van der Waals surface area contributed by atoms with E-state index in [0.29, 0.717) is 17.1 Å². The maximum atomic E-state index is 12.4. The zero-order chi connectivity index (χ0) is 22.2. The van der Waals surface area contributed by atoms with Crippen molar-refractivity contribution in [3.8, 4) is 5.88 Å². The fourth-order valence-electron chi connectivity index (χ4n) is 5.26. The number of carbonyl (C=O) groups is 1. The van der Waals surface area contributed by atoms with Gasteiger partial charge in [-0.15, -0.1) is 11.8 Å². The zero-order valence-corrected chi connectivity index (χ0v) is 19.9. The summed E-state index contributed by atoms with van der Waals surface area (Å²) < 4.78 is 12.0. The van der Waals surface area contributed by atoms with Gasteiger partial charge in [0.2, 0.25) is 5.88 Å². The minimum absolute atomic E-state index is 0.101. The van der Waals surface area contributed by atoms with Crippen LogP contribution in [0.15, 0.2) is 11.4 Å². The summed E-state index contributed by atoms with van der Waals surface area (Å²) in [4.78, 5) is 23.2. The predicted octanol–water partition coefficient (Wildman–Crippen LogP) is 4.38. The first-order valence-electron chi connectivity index (χ1n) is 11.5. The van der Waals surface area contributed by atoms with Gasteiger partial charge in [-0.2, -0.15) is 0 Å². The maximum Gasteiger partial charge on any atom is 0.410 e. The SMILES string of the molecule is CN(C(=O)OC(C)(C)C)C1CCC(Oc2ncnc3c2C2C(CC[C@H]2CCO)S3)CC1. The third-order valence-electron chi connectivity index (χ3n) is 6.79. The van der Waals surface area contributed by atoms with Gasteiger partial charge in [-0.25, -0.2) is 14.8 Å². The normalized spacial score (nSPS) is 29.9. The van der Waals surface area contributed by atoms with E-state index >= 15 is 0 Å². The van der Waals surface area contributed by atoms with Gasteiger partial charge in [0.05, 0.1) is 5.56 Å². The molecule has 0 saturated heterocycles. The summed E-state index contributed by atoms with van der Waals surface area (Å²) in [5, 5.41) is 11.1. The molecule has 2 fully saturated rings. The summed E-state index contributed by atoms with van der Waals surface area (Å²) in [6.45, 7) is 5.90. The Balaban J connectivity index is 1.38. The molecule has 1 amide bonds. The van der Waals surface area contributed by atoms with Gasteiger partial charge in [0.15, 0.2) is 0 Å². The third-order valence-corrected chi connectivity index (χ3v) is 8.17. The van der Waals surface area contributed by atoms with Crippen LogP contribution in [0.1, 0.15) is 77.2 Å². The quantitative estimate of drug-likeness (QED) is 0.668. The molecule has 1 aromatic heterocycles. The fourth-order valence-corrected chi connectivity index (χ4v) is 6.76. The molecule has 2 saturated carbocycles. The van der Waals surface area contributed by atoms with Crippen LogP contribution in [0.2, 0.25) is 0 Å². The highest BCUT2D eigenvalue weighted by Gasteiger charge is 2.46. The molecule has 4 rings (SSSR count). The number of hydrogen-bond donors (Lipinski definition) is 1. The van der Waals surface area contributed by atoms with E-state index in [9.17, 15) is 9.90 Å². The van der Waals surface area contributed by atoms with E-state index in [2.05, 4.69) is 9.97 Å². The van der Waals surface area contributed by atoms with E-state index in [0.717, 1.165) is 55.9 Å². The highest BCUT2D eigenvalue weighted by atomic mass is 32.2. The summed E-state index contributed by atoms with van der Waals surface area (Å²) >= 11 is 1.85. The van der Waals surface area contributed by atoms with Gasteiger partial charge in [-0.05, 0) is 71.6 Å². The van der Waals surface area contributed by atoms with Crippen molar-refractivity contribution in [3.63, 3.8) is 0 Å². The van der Waals surface area contributed by atoms with Crippen molar-refractivity contribution in [3.05, 3.63) is 11.9 Å². The van der Waals surface area contributed by atoms with Crippen LogP contribution in [0, 0.1) is 5.92 Å². The van der Waals surface area contributed by atoms with Gasteiger partial charge in [0, 0.05) is 30.9 Å². The summed E-state index contributed by atoms with van der Waals surface area (Å²) in [5.41, 5.74) is 0.685. The van der Waals surface area contributed by atoms with Crippen molar-refractivity contribution < 1.29 is 19.4 Å². The van der Waals surface area contributed by atoms with E-state index in [1.165, 1.54) is 5.56 Å². The van der Waals surface area contributed by atoms with Crippen molar-refractivity contribution in [2.45, 2.75) is 99.7 Å². The molecule has 7 nitrogen and oxygen atoms in total. The Bertz CT molecular complexity index is 790. The number of hydrogen-bond acceptors (Lipinski definition) is 7. The van der Waals surface area contributed by atoms with E-state index in [-0.39, 0.29) is 24.8 Å². The van der Waals surface area contributed by atoms with Gasteiger partial charge in [-0.3, -0.25) is 0 Å². The van der Waals surface area contributed by atoms with Crippen LogP contribution in [-0.4, -0.2) is 62.7 Å². The van der Waals surface area contributed by atoms with Crippen molar-refractivity contribution >= 4 is 17.9 Å². The second kappa shape index (κ2) is 9.14. The summed E-state index contributed by atoms with van der Waals surface area (Å²) in [7, 11) is 1.83. The average molecular weight is 450 g/mol. The molecule has 1 aliphatic heterocycles. The number of rotatable bonds is 5. The smallest absolute Gasteiger partial charge is 0.410 e. The Morgan fingerprint density at radius 3 is 2.61 bits per heavy atom. The topological polar surface area (TPSA) is 84.8 Å². The number of aromatic nitrogens is 2. The number of aliphatic hydroxyl groups is 1. The van der Waals surface area contributed by atoms with E-state index in [1.54, 1.807) is 11.2 Å². The fraction of sp³-hybridized carbons (Fsp3) is 0.783. The molecule has 1 N–H and O–H groups in total. The molecule has 0 spiro atoms. The Labute approximate surface area is 189 Å². The lowest BCUT2D eigenvalue weighted by molar-refractivity contribution is 0.0136. The Kier molecular flexibility index (Phi) is 6.68. The van der Waals surface area contributed by atoms with Crippen molar-refractivity contribution in [1.29, 1.82) is 0 Å². The Morgan fingerprint density at radius 1 is 1.19 bits per heavy atom. The van der Waals surface area contributed by atoms with Gasteiger partial charge in [-0.1, -0.05) is 0 Å². The van der Waals surface area contributed by atoms with Crippen molar-refractivity contribution in [1.82, 2.24) is 14.9 Å². The van der Waals surface area contributed by atoms with Crippen LogP contribution in [0.4, 0.5) is 4.79 Å². The summed E-state index contributed by atoms with van der Waals surface area (Å²) in [6.07, 6.45) is 8.16. The largest absolute Gasteiger partial charge is 0.474 e. The molecule has 2 aliphatic carbocycles. The van der Waals surface area contributed by atoms with Crippen LogP contribution in [0.5, 0.6) is 5.88 Å². The number of nitrogens with zero attached hydrogens (tertiary/aromatic N) is 3. The van der Waals surface area contributed by atoms with E-state index in [4.69, 9.17) is 9.47 Å². The molecule has 0 aromatic carbocycles. The number of fused-ring (bicyclic) bond motifs is 3. The molecule has 2 unspecified atom stereocenters.